The number of hydrogen-bond donors (Lipinski definition) is 2. The van der Waals surface area contributed by atoms with Gasteiger partial charge in [-0.25, -0.2) is 0 Å². The topological polar surface area (TPSA) is 68.8 Å². The smallest absolute Gasteiger partial charge is 0.164 e. The van der Waals surface area contributed by atoms with Crippen LogP contribution >= 0.6 is 0 Å². The molecular weight excluding hydrogens is 440 g/mol. The number of aryl methyl sites for hydroxylation is 1. The summed E-state index contributed by atoms with van der Waals surface area (Å²) < 4.78 is 16.8. The molecule has 3 aromatic carbocycles. The minimum absolute atomic E-state index is 0.117. The molecule has 0 unspecified atom stereocenters. The summed E-state index contributed by atoms with van der Waals surface area (Å²) in [5.74, 6) is 2.02. The lowest BCUT2D eigenvalue weighted by Crippen LogP contribution is -2.27. The number of carbonyl (C=O) groups is 1. The average Bonchev–Trinajstić information content (AvgIpc) is 3.05. The number of methoxy groups -OCH3 is 3. The molecule has 180 valence electrons. The van der Waals surface area contributed by atoms with Crippen LogP contribution in [0.2, 0.25) is 0 Å². The first kappa shape index (κ1) is 22.8. The summed E-state index contributed by atoms with van der Waals surface area (Å²) in [5, 5.41) is 7.20. The largest absolute Gasteiger partial charge is 0.496 e. The number of para-hydroxylation sites is 2. The van der Waals surface area contributed by atoms with Gasteiger partial charge in [0.2, 0.25) is 0 Å². The van der Waals surface area contributed by atoms with Gasteiger partial charge in [-0.2, -0.15) is 0 Å². The highest BCUT2D eigenvalue weighted by molar-refractivity contribution is 6.01. The third-order valence-corrected chi connectivity index (χ3v) is 6.90. The van der Waals surface area contributed by atoms with Gasteiger partial charge < -0.3 is 24.8 Å². The van der Waals surface area contributed by atoms with Crippen molar-refractivity contribution < 1.29 is 19.0 Å². The maximum Gasteiger partial charge on any atom is 0.164 e. The van der Waals surface area contributed by atoms with Crippen molar-refractivity contribution in [2.75, 3.05) is 32.0 Å². The highest BCUT2D eigenvalue weighted by Crippen LogP contribution is 2.47. The van der Waals surface area contributed by atoms with Gasteiger partial charge in [0.05, 0.1) is 38.7 Å². The maximum atomic E-state index is 13.8. The Morgan fingerprint density at radius 2 is 1.46 bits per heavy atom. The Hall–Kier alpha value is -3.93. The molecule has 6 heteroatoms. The van der Waals surface area contributed by atoms with Gasteiger partial charge >= 0.3 is 0 Å². The van der Waals surface area contributed by atoms with E-state index < -0.39 is 6.04 Å². The summed E-state index contributed by atoms with van der Waals surface area (Å²) in [7, 11) is 4.82. The lowest BCUT2D eigenvalue weighted by atomic mass is 9.78. The highest BCUT2D eigenvalue weighted by Gasteiger charge is 2.37. The first-order valence-corrected chi connectivity index (χ1v) is 11.8. The van der Waals surface area contributed by atoms with E-state index in [0.29, 0.717) is 23.7 Å². The number of nitrogens with one attached hydrogen (secondary N) is 2. The fraction of sp³-hybridized carbons (Fsp3) is 0.276. The monoisotopic (exact) mass is 470 g/mol. The molecule has 0 saturated carbocycles. The molecule has 0 spiro atoms. The number of rotatable bonds is 5. The molecule has 0 aromatic heterocycles. The third kappa shape index (κ3) is 4.20. The Bertz CT molecular complexity index is 1300. The van der Waals surface area contributed by atoms with Gasteiger partial charge in [-0.05, 0) is 43.0 Å². The quantitative estimate of drug-likeness (QED) is 0.477. The van der Waals surface area contributed by atoms with E-state index in [1.807, 2.05) is 36.4 Å². The maximum absolute atomic E-state index is 13.8. The molecule has 0 fully saturated rings. The van der Waals surface area contributed by atoms with Crippen LogP contribution in [0, 0.1) is 6.92 Å². The number of anilines is 2. The van der Waals surface area contributed by atoms with Crippen LogP contribution in [0.3, 0.4) is 0 Å². The molecule has 0 radical (unpaired) electrons. The van der Waals surface area contributed by atoms with Crippen LogP contribution < -0.4 is 24.8 Å². The van der Waals surface area contributed by atoms with E-state index in [9.17, 15) is 4.79 Å². The minimum atomic E-state index is -0.414. The van der Waals surface area contributed by atoms with Crippen molar-refractivity contribution in [2.24, 2.45) is 0 Å². The van der Waals surface area contributed by atoms with Crippen molar-refractivity contribution in [3.8, 4) is 17.2 Å². The van der Waals surface area contributed by atoms with Crippen LogP contribution in [0.25, 0.3) is 0 Å². The molecule has 2 atom stereocenters. The predicted octanol–water partition coefficient (Wildman–Crippen LogP) is 6.00. The van der Waals surface area contributed by atoms with Gasteiger partial charge in [0.1, 0.15) is 5.75 Å². The van der Waals surface area contributed by atoms with Crippen molar-refractivity contribution in [3.63, 3.8) is 0 Å². The van der Waals surface area contributed by atoms with Gasteiger partial charge in [0, 0.05) is 29.3 Å². The number of carbonyl (C=O) groups excluding carboxylic acids is 1. The molecule has 1 aliphatic heterocycles. The first-order valence-electron chi connectivity index (χ1n) is 11.8. The molecule has 1 heterocycles. The van der Waals surface area contributed by atoms with E-state index in [2.05, 4.69) is 41.8 Å². The molecule has 1 aliphatic carbocycles. The van der Waals surface area contributed by atoms with Gasteiger partial charge in [-0.1, -0.05) is 42.0 Å². The minimum Gasteiger partial charge on any atom is -0.496 e. The molecule has 0 saturated heterocycles. The molecule has 2 aliphatic rings. The number of Topliss-reactive ketones (excluding diaryl/α,β-unsaturated/α-hetero) is 1. The van der Waals surface area contributed by atoms with Crippen LogP contribution in [-0.2, 0) is 4.79 Å². The van der Waals surface area contributed by atoms with Crippen molar-refractivity contribution in [1.29, 1.82) is 0 Å². The molecule has 3 aromatic rings. The van der Waals surface area contributed by atoms with Gasteiger partial charge in [0.15, 0.2) is 17.3 Å². The molecule has 6 nitrogen and oxygen atoms in total. The van der Waals surface area contributed by atoms with Crippen molar-refractivity contribution in [2.45, 2.75) is 31.7 Å². The zero-order valence-corrected chi connectivity index (χ0v) is 20.5. The second-order valence-corrected chi connectivity index (χ2v) is 9.03. The Kier molecular flexibility index (Phi) is 6.12. The zero-order chi connectivity index (χ0) is 24.5. The zero-order valence-electron chi connectivity index (χ0n) is 20.5. The lowest BCUT2D eigenvalue weighted by molar-refractivity contribution is -0.116. The number of hydrogen-bond acceptors (Lipinski definition) is 6. The highest BCUT2D eigenvalue weighted by atomic mass is 16.5. The predicted molar refractivity (Wildman–Crippen MR) is 138 cm³/mol. The molecule has 0 amide bonds. The van der Waals surface area contributed by atoms with Gasteiger partial charge in [0.25, 0.3) is 0 Å². The normalized spacial score (nSPS) is 19.0. The molecule has 2 N–H and O–H groups in total. The standard InChI is InChI=1S/C29H30N2O4/c1-17-9-11-18(12-10-17)19-13-23-28(24(32)14-19)29(31-22-8-6-5-7-21(22)30-23)20-15-26(34-3)27(35-4)16-25(20)33-2/h5-12,15-16,19,29-31H,13-14H2,1-4H3/t19-,29-/m1/s1. The lowest BCUT2D eigenvalue weighted by Gasteiger charge is -2.30. The van der Waals surface area contributed by atoms with Crippen LogP contribution in [0.1, 0.15) is 41.5 Å². The number of ether oxygens (including phenoxy) is 3. The number of ketones is 1. The van der Waals surface area contributed by atoms with Crippen molar-refractivity contribution in [1.82, 2.24) is 0 Å². The van der Waals surface area contributed by atoms with E-state index in [1.54, 1.807) is 21.3 Å². The Morgan fingerprint density at radius 3 is 2.14 bits per heavy atom. The first-order chi connectivity index (χ1) is 17.0. The summed E-state index contributed by atoms with van der Waals surface area (Å²) in [6.45, 7) is 2.08. The average molecular weight is 471 g/mol. The summed E-state index contributed by atoms with van der Waals surface area (Å²) in [4.78, 5) is 13.8. The SMILES string of the molecule is COc1cc(OC)c([C@H]2Nc3ccccc3NC3=C2C(=O)C[C@H](c2ccc(C)cc2)C3)cc1OC. The Labute approximate surface area is 205 Å². The molecule has 35 heavy (non-hydrogen) atoms. The fourth-order valence-corrected chi connectivity index (χ4v) is 5.08. The third-order valence-electron chi connectivity index (χ3n) is 6.90. The Morgan fingerprint density at radius 1 is 0.800 bits per heavy atom. The Balaban J connectivity index is 1.66. The van der Waals surface area contributed by atoms with Crippen molar-refractivity contribution >= 4 is 17.2 Å². The second kappa shape index (κ2) is 9.37. The van der Waals surface area contributed by atoms with E-state index in [1.165, 1.54) is 11.1 Å². The van der Waals surface area contributed by atoms with E-state index in [0.717, 1.165) is 34.6 Å². The van der Waals surface area contributed by atoms with Crippen molar-refractivity contribution in [3.05, 3.63) is 88.6 Å². The van der Waals surface area contributed by atoms with Gasteiger partial charge in [-0.3, -0.25) is 4.79 Å². The second-order valence-electron chi connectivity index (χ2n) is 9.03. The summed E-state index contributed by atoms with van der Waals surface area (Å²) in [6.07, 6.45) is 1.19. The van der Waals surface area contributed by atoms with Crippen LogP contribution in [0.4, 0.5) is 11.4 Å². The molecular formula is C29H30N2O4. The van der Waals surface area contributed by atoms with E-state index >= 15 is 0 Å². The van der Waals surface area contributed by atoms with Crippen LogP contribution in [0.15, 0.2) is 71.9 Å². The number of fused-ring (bicyclic) bond motifs is 1. The molecule has 5 rings (SSSR count). The number of allylic oxidation sites excluding steroid dienone is 1. The summed E-state index contributed by atoms with van der Waals surface area (Å²) in [5.41, 5.74) is 6.74. The molecule has 0 bridgehead atoms. The summed E-state index contributed by atoms with van der Waals surface area (Å²) in [6, 6.07) is 19.8. The fourth-order valence-electron chi connectivity index (χ4n) is 5.08. The summed E-state index contributed by atoms with van der Waals surface area (Å²) >= 11 is 0. The van der Waals surface area contributed by atoms with E-state index in [-0.39, 0.29) is 11.7 Å². The van der Waals surface area contributed by atoms with Crippen LogP contribution in [-0.4, -0.2) is 27.1 Å². The number of benzene rings is 3. The van der Waals surface area contributed by atoms with E-state index in [4.69, 9.17) is 14.2 Å². The van der Waals surface area contributed by atoms with Gasteiger partial charge in [-0.15, -0.1) is 0 Å². The van der Waals surface area contributed by atoms with Crippen LogP contribution in [0.5, 0.6) is 17.2 Å².